The molecule has 4 heteroatoms. The molecule has 1 saturated heterocycles. The van der Waals surface area contributed by atoms with Crippen molar-refractivity contribution in [2.45, 2.75) is 25.7 Å². The fourth-order valence-corrected chi connectivity index (χ4v) is 2.79. The minimum absolute atomic E-state index is 0.0523. The fourth-order valence-electron chi connectivity index (χ4n) is 2.79. The van der Waals surface area contributed by atoms with Crippen molar-refractivity contribution >= 4 is 5.65 Å². The summed E-state index contributed by atoms with van der Waals surface area (Å²) in [6, 6.07) is 5.37. The highest BCUT2D eigenvalue weighted by molar-refractivity contribution is 5.43. The van der Waals surface area contributed by atoms with E-state index in [1.807, 2.05) is 13.0 Å². The van der Waals surface area contributed by atoms with E-state index in [-0.39, 0.29) is 5.56 Å². The number of hydrogen-bond donors (Lipinski definition) is 2. The molecule has 0 saturated carbocycles. The Hall–Kier alpha value is -1.55. The predicted octanol–water partition coefficient (Wildman–Crippen LogP) is 1.40. The summed E-state index contributed by atoms with van der Waals surface area (Å²) >= 11 is 0. The van der Waals surface area contributed by atoms with E-state index in [1.54, 1.807) is 16.5 Å². The van der Waals surface area contributed by atoms with E-state index in [9.17, 15) is 4.79 Å². The maximum atomic E-state index is 11.8. The summed E-state index contributed by atoms with van der Waals surface area (Å²) in [6.45, 7) is 4.16. The van der Waals surface area contributed by atoms with Crippen molar-refractivity contribution in [3.63, 3.8) is 0 Å². The lowest BCUT2D eigenvalue weighted by molar-refractivity contribution is 0.453. The minimum atomic E-state index is 0.0523. The van der Waals surface area contributed by atoms with E-state index >= 15 is 0 Å². The van der Waals surface area contributed by atoms with Crippen LogP contribution in [0.1, 0.15) is 30.1 Å². The number of pyridine rings is 1. The molecule has 2 aromatic heterocycles. The highest BCUT2D eigenvalue weighted by Gasteiger charge is 2.20. The van der Waals surface area contributed by atoms with E-state index in [2.05, 4.69) is 10.3 Å². The molecule has 0 bridgehead atoms. The van der Waals surface area contributed by atoms with E-state index < -0.39 is 0 Å². The molecule has 4 nitrogen and oxygen atoms in total. The number of nitrogens with zero attached hydrogens (tertiary/aromatic N) is 1. The number of aromatic amines is 1. The summed E-state index contributed by atoms with van der Waals surface area (Å²) < 4.78 is 1.78. The normalized spacial score (nSPS) is 17.7. The molecule has 1 aliphatic rings. The number of fused-ring (bicyclic) bond motifs is 1. The van der Waals surface area contributed by atoms with Crippen LogP contribution < -0.4 is 10.9 Å². The highest BCUT2D eigenvalue weighted by atomic mass is 16.1. The SMILES string of the molecule is Cc1c(C2CCNCC2)[nH]c2cccc(=O)n12. The number of imidazole rings is 1. The van der Waals surface area contributed by atoms with Crippen LogP contribution in [0, 0.1) is 6.92 Å². The van der Waals surface area contributed by atoms with E-state index in [0.717, 1.165) is 37.3 Å². The Labute approximate surface area is 99.7 Å². The summed E-state index contributed by atoms with van der Waals surface area (Å²) in [4.78, 5) is 15.2. The lowest BCUT2D eigenvalue weighted by atomic mass is 9.94. The first-order valence-corrected chi connectivity index (χ1v) is 6.18. The van der Waals surface area contributed by atoms with Gasteiger partial charge in [-0.3, -0.25) is 9.20 Å². The molecular weight excluding hydrogens is 214 g/mol. The van der Waals surface area contributed by atoms with Crippen molar-refractivity contribution in [1.82, 2.24) is 14.7 Å². The monoisotopic (exact) mass is 231 g/mol. The first kappa shape index (κ1) is 10.6. The number of nitrogens with one attached hydrogen (secondary N) is 2. The van der Waals surface area contributed by atoms with Crippen LogP contribution in [0.5, 0.6) is 0 Å². The molecule has 17 heavy (non-hydrogen) atoms. The Balaban J connectivity index is 2.14. The zero-order chi connectivity index (χ0) is 11.8. The zero-order valence-electron chi connectivity index (χ0n) is 9.99. The minimum Gasteiger partial charge on any atom is -0.343 e. The van der Waals surface area contributed by atoms with Crippen LogP contribution in [-0.4, -0.2) is 22.5 Å². The van der Waals surface area contributed by atoms with Gasteiger partial charge < -0.3 is 10.3 Å². The van der Waals surface area contributed by atoms with Crippen molar-refractivity contribution < 1.29 is 0 Å². The average Bonchev–Trinajstić information content (AvgIpc) is 2.69. The van der Waals surface area contributed by atoms with Crippen molar-refractivity contribution in [2.75, 3.05) is 13.1 Å². The Morgan fingerprint density at radius 3 is 2.76 bits per heavy atom. The molecule has 3 rings (SSSR count). The van der Waals surface area contributed by atoms with Gasteiger partial charge in [-0.15, -0.1) is 0 Å². The van der Waals surface area contributed by atoms with Crippen molar-refractivity contribution in [3.05, 3.63) is 39.9 Å². The third kappa shape index (κ3) is 1.69. The number of aryl methyl sites for hydroxylation is 1. The fraction of sp³-hybridized carbons (Fsp3) is 0.462. The van der Waals surface area contributed by atoms with Crippen molar-refractivity contribution in [1.29, 1.82) is 0 Å². The molecule has 2 aromatic rings. The van der Waals surface area contributed by atoms with Gasteiger partial charge in [0.15, 0.2) is 0 Å². The van der Waals surface area contributed by atoms with Gasteiger partial charge in [-0.05, 0) is 38.9 Å². The molecule has 0 radical (unpaired) electrons. The van der Waals surface area contributed by atoms with Crippen molar-refractivity contribution in [2.24, 2.45) is 0 Å². The number of rotatable bonds is 1. The van der Waals surface area contributed by atoms with Crippen LogP contribution >= 0.6 is 0 Å². The molecule has 0 aromatic carbocycles. The van der Waals surface area contributed by atoms with E-state index in [0.29, 0.717) is 5.92 Å². The molecule has 0 unspecified atom stereocenters. The van der Waals surface area contributed by atoms with Gasteiger partial charge in [-0.2, -0.15) is 0 Å². The number of piperidine rings is 1. The molecule has 1 fully saturated rings. The molecule has 0 aliphatic carbocycles. The van der Waals surface area contributed by atoms with Crippen LogP contribution in [0.4, 0.5) is 0 Å². The molecular formula is C13H17N3O. The number of H-pyrrole nitrogens is 1. The maximum Gasteiger partial charge on any atom is 0.256 e. The summed E-state index contributed by atoms with van der Waals surface area (Å²) in [5.41, 5.74) is 3.26. The molecule has 0 atom stereocenters. The lowest BCUT2D eigenvalue weighted by Crippen LogP contribution is -2.27. The second-order valence-electron chi connectivity index (χ2n) is 4.73. The first-order chi connectivity index (χ1) is 8.27. The summed E-state index contributed by atoms with van der Waals surface area (Å²) in [5.74, 6) is 0.551. The summed E-state index contributed by atoms with van der Waals surface area (Å²) in [5, 5.41) is 3.37. The van der Waals surface area contributed by atoms with Gasteiger partial charge in [0.05, 0.1) is 0 Å². The number of hydrogen-bond acceptors (Lipinski definition) is 2. The van der Waals surface area contributed by atoms with Gasteiger partial charge in [0.1, 0.15) is 5.65 Å². The Morgan fingerprint density at radius 2 is 2.06 bits per heavy atom. The molecule has 0 spiro atoms. The van der Waals surface area contributed by atoms with Crippen molar-refractivity contribution in [3.8, 4) is 0 Å². The van der Waals surface area contributed by atoms with Crippen LogP contribution in [0.25, 0.3) is 5.65 Å². The van der Waals surface area contributed by atoms with Gasteiger partial charge in [0.25, 0.3) is 5.56 Å². The van der Waals surface area contributed by atoms with Crippen LogP contribution in [0.3, 0.4) is 0 Å². The zero-order valence-corrected chi connectivity index (χ0v) is 9.99. The molecule has 90 valence electrons. The highest BCUT2D eigenvalue weighted by Crippen LogP contribution is 2.27. The Morgan fingerprint density at radius 1 is 1.29 bits per heavy atom. The van der Waals surface area contributed by atoms with Crippen LogP contribution in [-0.2, 0) is 0 Å². The smallest absolute Gasteiger partial charge is 0.256 e. The third-order valence-electron chi connectivity index (χ3n) is 3.69. The predicted molar refractivity (Wildman–Crippen MR) is 67.6 cm³/mol. The maximum absolute atomic E-state index is 11.8. The Bertz CT molecular complexity index is 590. The van der Waals surface area contributed by atoms with Gasteiger partial charge in [-0.1, -0.05) is 6.07 Å². The number of aromatic nitrogens is 2. The van der Waals surface area contributed by atoms with Gasteiger partial charge >= 0.3 is 0 Å². The largest absolute Gasteiger partial charge is 0.343 e. The van der Waals surface area contributed by atoms with E-state index in [1.165, 1.54) is 5.69 Å². The standard InChI is InChI=1S/C13H17N3O/c1-9-13(10-5-7-14-8-6-10)15-11-3-2-4-12(17)16(9)11/h2-4,10,14-15H,5-8H2,1H3. The van der Waals surface area contributed by atoms with Crippen LogP contribution in [0.2, 0.25) is 0 Å². The first-order valence-electron chi connectivity index (χ1n) is 6.18. The molecule has 1 aliphatic heterocycles. The second-order valence-corrected chi connectivity index (χ2v) is 4.73. The molecule has 2 N–H and O–H groups in total. The summed E-state index contributed by atoms with van der Waals surface area (Å²) in [7, 11) is 0. The molecule has 3 heterocycles. The molecule has 0 amide bonds. The van der Waals surface area contributed by atoms with E-state index in [4.69, 9.17) is 0 Å². The topological polar surface area (TPSA) is 49.3 Å². The van der Waals surface area contributed by atoms with Gasteiger partial charge in [0.2, 0.25) is 0 Å². The van der Waals surface area contributed by atoms with Gasteiger partial charge in [-0.25, -0.2) is 0 Å². The average molecular weight is 231 g/mol. The van der Waals surface area contributed by atoms with Crippen LogP contribution in [0.15, 0.2) is 23.0 Å². The second kappa shape index (κ2) is 4.04. The van der Waals surface area contributed by atoms with Gasteiger partial charge in [0, 0.05) is 23.4 Å². The summed E-state index contributed by atoms with van der Waals surface area (Å²) in [6.07, 6.45) is 2.28. The Kier molecular flexibility index (Phi) is 2.52. The lowest BCUT2D eigenvalue weighted by Gasteiger charge is -2.22. The third-order valence-corrected chi connectivity index (χ3v) is 3.69. The quantitative estimate of drug-likeness (QED) is 0.779.